The van der Waals surface area contributed by atoms with E-state index in [0.717, 1.165) is 12.1 Å². The summed E-state index contributed by atoms with van der Waals surface area (Å²) >= 11 is 8.91. The molecule has 1 atom stereocenters. The molecular weight excluding hydrogens is 343 g/mol. The molecule has 2 aromatic carbocycles. The second kappa shape index (κ2) is 5.53. The van der Waals surface area contributed by atoms with Crippen molar-refractivity contribution in [3.8, 4) is 0 Å². The molecule has 1 unspecified atom stereocenters. The van der Waals surface area contributed by atoms with Gasteiger partial charge < -0.3 is 5.73 Å². The number of nitrogens with two attached hydrogens (primary N) is 1. The number of benzene rings is 2. The van der Waals surface area contributed by atoms with Crippen LogP contribution in [0.5, 0.6) is 0 Å². The summed E-state index contributed by atoms with van der Waals surface area (Å²) in [6.07, 6.45) is 0. The van der Waals surface area contributed by atoms with Crippen LogP contribution < -0.4 is 5.73 Å². The van der Waals surface area contributed by atoms with Crippen LogP contribution in [0, 0.1) is 17.5 Å². The summed E-state index contributed by atoms with van der Waals surface area (Å²) < 4.78 is 39.8. The van der Waals surface area contributed by atoms with Crippen molar-refractivity contribution < 1.29 is 13.2 Å². The van der Waals surface area contributed by atoms with Gasteiger partial charge in [0.15, 0.2) is 11.6 Å². The Morgan fingerprint density at radius 2 is 1.63 bits per heavy atom. The molecule has 0 saturated carbocycles. The maximum atomic E-state index is 13.4. The van der Waals surface area contributed by atoms with Crippen molar-refractivity contribution in [3.05, 3.63) is 68.4 Å². The molecule has 0 aliphatic heterocycles. The third kappa shape index (κ3) is 2.78. The first kappa shape index (κ1) is 14.4. The van der Waals surface area contributed by atoms with E-state index in [2.05, 4.69) is 15.9 Å². The zero-order chi connectivity index (χ0) is 14.2. The smallest absolute Gasteiger partial charge is 0.160 e. The van der Waals surface area contributed by atoms with E-state index < -0.39 is 23.5 Å². The van der Waals surface area contributed by atoms with Gasteiger partial charge in [0, 0.05) is 5.02 Å². The lowest BCUT2D eigenvalue weighted by Crippen LogP contribution is -2.14. The third-order valence-corrected chi connectivity index (χ3v) is 3.86. The molecular formula is C13H8BrClF3N. The Morgan fingerprint density at radius 3 is 2.32 bits per heavy atom. The number of hydrogen-bond donors (Lipinski definition) is 1. The van der Waals surface area contributed by atoms with E-state index in [-0.39, 0.29) is 15.1 Å². The number of halogens is 5. The molecule has 6 heteroatoms. The van der Waals surface area contributed by atoms with Gasteiger partial charge in [-0.15, -0.1) is 0 Å². The highest BCUT2D eigenvalue weighted by Crippen LogP contribution is 2.33. The normalized spacial score (nSPS) is 12.5. The average Bonchev–Trinajstić information content (AvgIpc) is 2.36. The Labute approximate surface area is 121 Å². The van der Waals surface area contributed by atoms with Crippen molar-refractivity contribution in [2.75, 3.05) is 0 Å². The van der Waals surface area contributed by atoms with Crippen molar-refractivity contribution in [3.63, 3.8) is 0 Å². The van der Waals surface area contributed by atoms with Crippen LogP contribution in [0.1, 0.15) is 17.2 Å². The maximum Gasteiger partial charge on any atom is 0.160 e. The molecule has 100 valence electrons. The van der Waals surface area contributed by atoms with E-state index in [4.69, 9.17) is 17.3 Å². The molecule has 19 heavy (non-hydrogen) atoms. The van der Waals surface area contributed by atoms with Gasteiger partial charge in [0.05, 0.1) is 10.5 Å². The molecule has 0 bridgehead atoms. The lowest BCUT2D eigenvalue weighted by atomic mass is 9.99. The minimum atomic E-state index is -1.06. The fourth-order valence-electron chi connectivity index (χ4n) is 1.70. The van der Waals surface area contributed by atoms with Gasteiger partial charge in [-0.25, -0.2) is 13.2 Å². The Morgan fingerprint density at radius 1 is 1.00 bits per heavy atom. The highest BCUT2D eigenvalue weighted by atomic mass is 79.9. The molecule has 1 nitrogen and oxygen atoms in total. The summed E-state index contributed by atoms with van der Waals surface area (Å²) in [5.41, 5.74) is 6.52. The molecule has 0 aliphatic rings. The molecule has 2 aromatic rings. The van der Waals surface area contributed by atoms with Crippen LogP contribution in [0.4, 0.5) is 13.2 Å². The van der Waals surface area contributed by atoms with E-state index in [1.165, 1.54) is 12.1 Å². The first-order valence-electron chi connectivity index (χ1n) is 5.25. The second-order valence-electron chi connectivity index (χ2n) is 3.91. The van der Waals surface area contributed by atoms with Gasteiger partial charge in [-0.2, -0.15) is 0 Å². The van der Waals surface area contributed by atoms with Crippen molar-refractivity contribution in [2.24, 2.45) is 5.73 Å². The molecule has 0 saturated heterocycles. The van der Waals surface area contributed by atoms with Gasteiger partial charge in [0.25, 0.3) is 0 Å². The fraction of sp³-hybridized carbons (Fsp3) is 0.0769. The summed E-state index contributed by atoms with van der Waals surface area (Å²) in [6.45, 7) is 0. The Kier molecular flexibility index (Phi) is 4.18. The van der Waals surface area contributed by atoms with Crippen LogP contribution in [-0.2, 0) is 0 Å². The fourth-order valence-corrected chi connectivity index (χ4v) is 2.48. The molecule has 0 heterocycles. The predicted octanol–water partition coefficient (Wildman–Crippen LogP) is 4.57. The van der Waals surface area contributed by atoms with E-state index in [9.17, 15) is 13.2 Å². The molecule has 0 fully saturated rings. The largest absolute Gasteiger partial charge is 0.320 e. The predicted molar refractivity (Wildman–Crippen MR) is 71.5 cm³/mol. The first-order chi connectivity index (χ1) is 8.91. The third-order valence-electron chi connectivity index (χ3n) is 2.69. The standard InChI is InChI=1S/C13H8BrClF3N/c14-12-6(2-1-3-9(12)16)13(19)7-4-10(17)11(18)5-8(7)15/h1-5,13H,19H2. The maximum absolute atomic E-state index is 13.4. The zero-order valence-corrected chi connectivity index (χ0v) is 11.8. The zero-order valence-electron chi connectivity index (χ0n) is 9.43. The molecule has 0 radical (unpaired) electrons. The van der Waals surface area contributed by atoms with E-state index in [1.54, 1.807) is 6.07 Å². The molecule has 0 spiro atoms. The van der Waals surface area contributed by atoms with E-state index in [1.807, 2.05) is 0 Å². The Hall–Kier alpha value is -1.04. The van der Waals surface area contributed by atoms with Crippen LogP contribution in [0.25, 0.3) is 0 Å². The Bertz CT molecular complexity index is 634. The van der Waals surface area contributed by atoms with Gasteiger partial charge in [-0.3, -0.25) is 0 Å². The van der Waals surface area contributed by atoms with Gasteiger partial charge >= 0.3 is 0 Å². The topological polar surface area (TPSA) is 26.0 Å². The minimum absolute atomic E-state index is 0.0115. The number of hydrogen-bond acceptors (Lipinski definition) is 1. The van der Waals surface area contributed by atoms with Crippen molar-refractivity contribution in [1.29, 1.82) is 0 Å². The lowest BCUT2D eigenvalue weighted by molar-refractivity contribution is 0.506. The highest BCUT2D eigenvalue weighted by molar-refractivity contribution is 9.10. The average molecular weight is 351 g/mol. The van der Waals surface area contributed by atoms with Crippen LogP contribution >= 0.6 is 27.5 Å². The lowest BCUT2D eigenvalue weighted by Gasteiger charge is -2.16. The van der Waals surface area contributed by atoms with Gasteiger partial charge in [0.1, 0.15) is 5.82 Å². The van der Waals surface area contributed by atoms with Crippen molar-refractivity contribution in [2.45, 2.75) is 6.04 Å². The van der Waals surface area contributed by atoms with E-state index >= 15 is 0 Å². The quantitative estimate of drug-likeness (QED) is 0.789. The summed E-state index contributed by atoms with van der Waals surface area (Å²) in [4.78, 5) is 0. The van der Waals surface area contributed by atoms with E-state index in [0.29, 0.717) is 5.56 Å². The van der Waals surface area contributed by atoms with Crippen LogP contribution in [0.15, 0.2) is 34.8 Å². The number of rotatable bonds is 2. The summed E-state index contributed by atoms with van der Waals surface area (Å²) in [5, 5.41) is -0.0115. The van der Waals surface area contributed by atoms with Crippen LogP contribution in [0.3, 0.4) is 0 Å². The second-order valence-corrected chi connectivity index (χ2v) is 5.11. The molecule has 0 aromatic heterocycles. The van der Waals surface area contributed by atoms with Crippen molar-refractivity contribution in [1.82, 2.24) is 0 Å². The summed E-state index contributed by atoms with van der Waals surface area (Å²) in [7, 11) is 0. The summed E-state index contributed by atoms with van der Waals surface area (Å²) in [6, 6.07) is 5.21. The highest BCUT2D eigenvalue weighted by Gasteiger charge is 2.19. The summed E-state index contributed by atoms with van der Waals surface area (Å²) in [5.74, 6) is -2.60. The van der Waals surface area contributed by atoms with Crippen molar-refractivity contribution >= 4 is 27.5 Å². The van der Waals surface area contributed by atoms with Gasteiger partial charge in [-0.1, -0.05) is 23.7 Å². The van der Waals surface area contributed by atoms with Crippen LogP contribution in [-0.4, -0.2) is 0 Å². The molecule has 0 aliphatic carbocycles. The first-order valence-corrected chi connectivity index (χ1v) is 6.43. The van der Waals surface area contributed by atoms with Gasteiger partial charge in [0.2, 0.25) is 0 Å². The monoisotopic (exact) mass is 349 g/mol. The van der Waals surface area contributed by atoms with Gasteiger partial charge in [-0.05, 0) is 45.3 Å². The molecule has 0 amide bonds. The SMILES string of the molecule is NC(c1cc(F)c(F)cc1Cl)c1cccc(F)c1Br. The molecule has 2 rings (SSSR count). The van der Waals surface area contributed by atoms with Crippen LogP contribution in [0.2, 0.25) is 5.02 Å². The Balaban J connectivity index is 2.53. The minimum Gasteiger partial charge on any atom is -0.320 e. The molecule has 2 N–H and O–H groups in total.